The normalized spacial score (nSPS) is 10.9. The number of fused-ring (bicyclic) bond motifs is 1. The molecule has 0 aliphatic rings. The minimum Gasteiger partial charge on any atom is -0.456 e. The maximum atomic E-state index is 13.2. The van der Waals surface area contributed by atoms with Crippen LogP contribution in [0.4, 0.5) is 13.2 Å². The Bertz CT molecular complexity index is 851. The molecule has 0 fully saturated rings. The zero-order valence-corrected chi connectivity index (χ0v) is 9.99. The van der Waals surface area contributed by atoms with Gasteiger partial charge < -0.3 is 4.42 Å². The highest BCUT2D eigenvalue weighted by Crippen LogP contribution is 2.23. The molecule has 1 heterocycles. The molecule has 2 aromatic carbocycles. The lowest BCUT2D eigenvalue weighted by atomic mass is 10.1. The Hall–Kier alpha value is -2.56. The highest BCUT2D eigenvalue weighted by atomic mass is 19.2. The quantitative estimate of drug-likeness (QED) is 0.675. The van der Waals surface area contributed by atoms with Crippen LogP contribution in [0.1, 0.15) is 0 Å². The van der Waals surface area contributed by atoms with Crippen LogP contribution in [0.25, 0.3) is 22.3 Å². The van der Waals surface area contributed by atoms with Gasteiger partial charge in [-0.05, 0) is 30.3 Å². The lowest BCUT2D eigenvalue weighted by molar-refractivity contribution is 0.506. The standard InChI is InChI=1S/C15H7F3O2/c16-9-3-1-8(2-4-9)14-7-13(19)10-5-11(17)12(18)6-15(10)20-14/h1-7H. The van der Waals surface area contributed by atoms with Crippen LogP contribution >= 0.6 is 0 Å². The predicted octanol–water partition coefficient (Wildman–Crippen LogP) is 3.88. The second-order valence-corrected chi connectivity index (χ2v) is 4.24. The molecular weight excluding hydrogens is 269 g/mol. The zero-order chi connectivity index (χ0) is 14.3. The van der Waals surface area contributed by atoms with E-state index in [1.54, 1.807) is 0 Å². The summed E-state index contributed by atoms with van der Waals surface area (Å²) in [6, 6.07) is 8.06. The van der Waals surface area contributed by atoms with E-state index in [2.05, 4.69) is 0 Å². The van der Waals surface area contributed by atoms with Crippen molar-refractivity contribution in [1.29, 1.82) is 0 Å². The molecular formula is C15H7F3O2. The number of halogens is 3. The van der Waals surface area contributed by atoms with E-state index in [4.69, 9.17) is 4.42 Å². The molecule has 100 valence electrons. The molecule has 0 atom stereocenters. The van der Waals surface area contributed by atoms with Crippen LogP contribution in [-0.2, 0) is 0 Å². The van der Waals surface area contributed by atoms with Crippen molar-refractivity contribution in [2.45, 2.75) is 0 Å². The molecule has 0 spiro atoms. The lowest BCUT2D eigenvalue weighted by Crippen LogP contribution is -2.02. The summed E-state index contributed by atoms with van der Waals surface area (Å²) < 4.78 is 44.5. The molecule has 20 heavy (non-hydrogen) atoms. The molecule has 0 radical (unpaired) electrons. The topological polar surface area (TPSA) is 30.2 Å². The van der Waals surface area contributed by atoms with Gasteiger partial charge in [0.15, 0.2) is 17.1 Å². The van der Waals surface area contributed by atoms with E-state index in [-0.39, 0.29) is 16.7 Å². The molecule has 1 aromatic heterocycles. The van der Waals surface area contributed by atoms with Crippen molar-refractivity contribution in [2.75, 3.05) is 0 Å². The number of hydrogen-bond donors (Lipinski definition) is 0. The van der Waals surface area contributed by atoms with Gasteiger partial charge in [-0.1, -0.05) is 0 Å². The molecule has 0 saturated carbocycles. The van der Waals surface area contributed by atoms with E-state index in [0.29, 0.717) is 5.56 Å². The molecule has 3 aromatic rings. The molecule has 0 amide bonds. The summed E-state index contributed by atoms with van der Waals surface area (Å²) in [7, 11) is 0. The molecule has 0 unspecified atom stereocenters. The Morgan fingerprint density at radius 2 is 1.50 bits per heavy atom. The fourth-order valence-corrected chi connectivity index (χ4v) is 1.91. The van der Waals surface area contributed by atoms with E-state index in [1.165, 1.54) is 24.3 Å². The summed E-state index contributed by atoms with van der Waals surface area (Å²) in [4.78, 5) is 11.9. The number of hydrogen-bond acceptors (Lipinski definition) is 2. The van der Waals surface area contributed by atoms with Gasteiger partial charge in [-0.25, -0.2) is 13.2 Å². The molecule has 5 heteroatoms. The van der Waals surface area contributed by atoms with Crippen molar-refractivity contribution in [3.8, 4) is 11.3 Å². The van der Waals surface area contributed by atoms with Gasteiger partial charge in [-0.15, -0.1) is 0 Å². The van der Waals surface area contributed by atoms with Crippen molar-refractivity contribution in [1.82, 2.24) is 0 Å². The highest BCUT2D eigenvalue weighted by Gasteiger charge is 2.11. The Balaban J connectivity index is 2.26. The fourth-order valence-electron chi connectivity index (χ4n) is 1.91. The Morgan fingerprint density at radius 1 is 0.850 bits per heavy atom. The minimum absolute atomic E-state index is 0.0465. The van der Waals surface area contributed by atoms with Crippen LogP contribution in [0.5, 0.6) is 0 Å². The third-order valence-corrected chi connectivity index (χ3v) is 2.90. The average Bonchev–Trinajstić information content (AvgIpc) is 2.42. The van der Waals surface area contributed by atoms with Crippen LogP contribution in [0, 0.1) is 17.5 Å². The van der Waals surface area contributed by atoms with Gasteiger partial charge >= 0.3 is 0 Å². The largest absolute Gasteiger partial charge is 0.456 e. The maximum absolute atomic E-state index is 13.2. The highest BCUT2D eigenvalue weighted by molar-refractivity contribution is 5.78. The minimum atomic E-state index is -1.11. The van der Waals surface area contributed by atoms with Crippen molar-refractivity contribution >= 4 is 11.0 Å². The summed E-state index contributed by atoms with van der Waals surface area (Å²) in [5.74, 6) is -2.48. The second-order valence-electron chi connectivity index (χ2n) is 4.24. The van der Waals surface area contributed by atoms with Gasteiger partial charge in [0, 0.05) is 17.7 Å². The summed E-state index contributed by atoms with van der Waals surface area (Å²) >= 11 is 0. The SMILES string of the molecule is O=c1cc(-c2ccc(F)cc2)oc2cc(F)c(F)cc12. The zero-order valence-electron chi connectivity index (χ0n) is 9.99. The van der Waals surface area contributed by atoms with Gasteiger partial charge in [0.1, 0.15) is 17.2 Å². The van der Waals surface area contributed by atoms with Crippen LogP contribution < -0.4 is 5.43 Å². The molecule has 2 nitrogen and oxygen atoms in total. The first kappa shape index (κ1) is 12.5. The summed E-state index contributed by atoms with van der Waals surface area (Å²) in [5.41, 5.74) is -0.0877. The van der Waals surface area contributed by atoms with Gasteiger partial charge in [0.2, 0.25) is 0 Å². The molecule has 3 rings (SSSR count). The van der Waals surface area contributed by atoms with Crippen LogP contribution in [0.15, 0.2) is 51.7 Å². The summed E-state index contributed by atoms with van der Waals surface area (Å²) in [6.45, 7) is 0. The van der Waals surface area contributed by atoms with Gasteiger partial charge in [-0.2, -0.15) is 0 Å². The molecule has 0 aliphatic carbocycles. The van der Waals surface area contributed by atoms with Crippen molar-refractivity contribution in [3.63, 3.8) is 0 Å². The van der Waals surface area contributed by atoms with Crippen LogP contribution in [0.3, 0.4) is 0 Å². The van der Waals surface area contributed by atoms with Gasteiger partial charge in [0.25, 0.3) is 0 Å². The number of rotatable bonds is 1. The van der Waals surface area contributed by atoms with E-state index < -0.39 is 22.9 Å². The Kier molecular flexibility index (Phi) is 2.82. The molecule has 0 aliphatic heterocycles. The van der Waals surface area contributed by atoms with E-state index >= 15 is 0 Å². The third kappa shape index (κ3) is 2.07. The first-order valence-corrected chi connectivity index (χ1v) is 5.73. The van der Waals surface area contributed by atoms with Crippen molar-refractivity contribution in [3.05, 3.63) is 70.1 Å². The predicted molar refractivity (Wildman–Crippen MR) is 67.8 cm³/mol. The van der Waals surface area contributed by atoms with E-state index in [0.717, 1.165) is 18.2 Å². The first-order chi connectivity index (χ1) is 9.54. The average molecular weight is 276 g/mol. The smallest absolute Gasteiger partial charge is 0.193 e. The van der Waals surface area contributed by atoms with Crippen molar-refractivity contribution < 1.29 is 17.6 Å². The molecule has 0 bridgehead atoms. The van der Waals surface area contributed by atoms with Crippen LogP contribution in [-0.4, -0.2) is 0 Å². The molecule has 0 N–H and O–H groups in total. The summed E-state index contributed by atoms with van der Waals surface area (Å²) in [5, 5.41) is -0.0465. The monoisotopic (exact) mass is 276 g/mol. The maximum Gasteiger partial charge on any atom is 0.193 e. The fraction of sp³-hybridized carbons (Fsp3) is 0. The second kappa shape index (κ2) is 4.52. The summed E-state index contributed by atoms with van der Waals surface area (Å²) in [6.07, 6.45) is 0. The van der Waals surface area contributed by atoms with Crippen molar-refractivity contribution in [2.24, 2.45) is 0 Å². The number of benzene rings is 2. The van der Waals surface area contributed by atoms with E-state index in [9.17, 15) is 18.0 Å². The van der Waals surface area contributed by atoms with Crippen LogP contribution in [0.2, 0.25) is 0 Å². The Labute approximate surface area is 111 Å². The van der Waals surface area contributed by atoms with Gasteiger partial charge in [0.05, 0.1) is 5.39 Å². The third-order valence-electron chi connectivity index (χ3n) is 2.90. The lowest BCUT2D eigenvalue weighted by Gasteiger charge is -2.03. The first-order valence-electron chi connectivity index (χ1n) is 5.73. The Morgan fingerprint density at radius 3 is 2.20 bits per heavy atom. The molecule has 0 saturated heterocycles. The van der Waals surface area contributed by atoms with E-state index in [1.807, 2.05) is 0 Å². The van der Waals surface area contributed by atoms with Gasteiger partial charge in [-0.3, -0.25) is 4.79 Å².